The molecule has 0 unspecified atom stereocenters. The molecule has 0 radical (unpaired) electrons. The summed E-state index contributed by atoms with van der Waals surface area (Å²) in [5, 5.41) is 0. The van der Waals surface area contributed by atoms with Crippen molar-refractivity contribution >= 4 is 9.84 Å². The molecule has 0 amide bonds. The van der Waals surface area contributed by atoms with Crippen molar-refractivity contribution in [2.45, 2.75) is 44.5 Å². The Morgan fingerprint density at radius 3 is 2.38 bits per heavy atom. The Morgan fingerprint density at radius 1 is 1.24 bits per heavy atom. The molecule has 0 aromatic heterocycles. The SMILES string of the molecule is C/C(CS(=O)(=O)c1ccccc1)=C(\C)[C@H]1COC(C)(C)O1. The van der Waals surface area contributed by atoms with Crippen molar-refractivity contribution in [3.8, 4) is 0 Å². The Bertz CT molecular complexity index is 630. The summed E-state index contributed by atoms with van der Waals surface area (Å²) in [7, 11) is -3.32. The fourth-order valence-electron chi connectivity index (χ4n) is 2.29. The minimum Gasteiger partial charge on any atom is -0.347 e. The van der Waals surface area contributed by atoms with Gasteiger partial charge in [0.15, 0.2) is 15.6 Å². The Labute approximate surface area is 126 Å². The molecule has 1 fully saturated rings. The molecular formula is C16H22O4S. The Hall–Kier alpha value is -1.17. The van der Waals surface area contributed by atoms with Gasteiger partial charge in [-0.25, -0.2) is 8.42 Å². The first-order chi connectivity index (χ1) is 9.71. The van der Waals surface area contributed by atoms with Gasteiger partial charge in [0.2, 0.25) is 0 Å². The molecule has 21 heavy (non-hydrogen) atoms. The van der Waals surface area contributed by atoms with Crippen LogP contribution in [0.25, 0.3) is 0 Å². The zero-order valence-electron chi connectivity index (χ0n) is 12.9. The molecular weight excluding hydrogens is 288 g/mol. The average Bonchev–Trinajstić information content (AvgIpc) is 2.78. The quantitative estimate of drug-likeness (QED) is 0.802. The first-order valence-corrected chi connectivity index (χ1v) is 8.62. The lowest BCUT2D eigenvalue weighted by atomic mass is 10.1. The zero-order chi connectivity index (χ0) is 15.7. The van der Waals surface area contributed by atoms with Gasteiger partial charge in [-0.3, -0.25) is 0 Å². The van der Waals surface area contributed by atoms with Crippen molar-refractivity contribution in [2.75, 3.05) is 12.4 Å². The summed E-state index contributed by atoms with van der Waals surface area (Å²) in [5.41, 5.74) is 1.74. The summed E-state index contributed by atoms with van der Waals surface area (Å²) in [6, 6.07) is 8.51. The average molecular weight is 310 g/mol. The standard InChI is InChI=1S/C16H22O4S/c1-12(13(2)15-10-19-16(3,4)20-15)11-21(17,18)14-8-6-5-7-9-14/h5-9,15H,10-11H2,1-4H3/b13-12-/t15-/m1/s1. The predicted octanol–water partition coefficient (Wildman–Crippen LogP) is 2.95. The summed E-state index contributed by atoms with van der Waals surface area (Å²) in [5.74, 6) is -0.604. The van der Waals surface area contributed by atoms with Crippen molar-refractivity contribution in [3.05, 3.63) is 41.5 Å². The lowest BCUT2D eigenvalue weighted by Gasteiger charge is -2.18. The van der Waals surface area contributed by atoms with Crippen molar-refractivity contribution in [1.82, 2.24) is 0 Å². The lowest BCUT2D eigenvalue weighted by Crippen LogP contribution is -2.22. The highest BCUT2D eigenvalue weighted by Crippen LogP contribution is 2.28. The Kier molecular flexibility index (Phi) is 4.56. The maximum Gasteiger partial charge on any atom is 0.182 e. The minimum atomic E-state index is -3.32. The molecule has 2 rings (SSSR count). The van der Waals surface area contributed by atoms with E-state index >= 15 is 0 Å². The lowest BCUT2D eigenvalue weighted by molar-refractivity contribution is -0.134. The van der Waals surface area contributed by atoms with Gasteiger partial charge in [-0.05, 0) is 45.4 Å². The van der Waals surface area contributed by atoms with Crippen LogP contribution in [0.5, 0.6) is 0 Å². The monoisotopic (exact) mass is 310 g/mol. The van der Waals surface area contributed by atoms with Crippen molar-refractivity contribution in [1.29, 1.82) is 0 Å². The van der Waals surface area contributed by atoms with Gasteiger partial charge in [-0.1, -0.05) is 23.8 Å². The third-order valence-electron chi connectivity index (χ3n) is 3.67. The highest BCUT2D eigenvalue weighted by atomic mass is 32.2. The first kappa shape index (κ1) is 16.2. The number of ether oxygens (including phenoxy) is 2. The number of sulfone groups is 1. The maximum absolute atomic E-state index is 12.4. The summed E-state index contributed by atoms with van der Waals surface area (Å²) >= 11 is 0. The van der Waals surface area contributed by atoms with E-state index in [2.05, 4.69) is 0 Å². The second-order valence-electron chi connectivity index (χ2n) is 5.85. The normalized spacial score (nSPS) is 23.0. The number of hydrogen-bond donors (Lipinski definition) is 0. The summed E-state index contributed by atoms with van der Waals surface area (Å²) in [6.45, 7) is 7.92. The van der Waals surface area contributed by atoms with Gasteiger partial charge in [-0.2, -0.15) is 0 Å². The highest BCUT2D eigenvalue weighted by Gasteiger charge is 2.34. The van der Waals surface area contributed by atoms with E-state index in [1.807, 2.05) is 27.7 Å². The third-order valence-corrected chi connectivity index (χ3v) is 5.48. The van der Waals surface area contributed by atoms with E-state index in [0.717, 1.165) is 11.1 Å². The molecule has 0 N–H and O–H groups in total. The van der Waals surface area contributed by atoms with Crippen LogP contribution in [-0.4, -0.2) is 32.7 Å². The van der Waals surface area contributed by atoms with Crippen LogP contribution in [0.2, 0.25) is 0 Å². The first-order valence-electron chi connectivity index (χ1n) is 6.97. The summed E-state index contributed by atoms with van der Waals surface area (Å²) in [6.07, 6.45) is -0.175. The van der Waals surface area contributed by atoms with E-state index in [-0.39, 0.29) is 11.9 Å². The number of rotatable bonds is 4. The van der Waals surface area contributed by atoms with Gasteiger partial charge < -0.3 is 9.47 Å². The highest BCUT2D eigenvalue weighted by molar-refractivity contribution is 7.91. The number of hydrogen-bond acceptors (Lipinski definition) is 4. The molecule has 116 valence electrons. The molecule has 1 aromatic rings. The smallest absolute Gasteiger partial charge is 0.182 e. The van der Waals surface area contributed by atoms with E-state index in [4.69, 9.17) is 9.47 Å². The fraction of sp³-hybridized carbons (Fsp3) is 0.500. The van der Waals surface area contributed by atoms with Crippen LogP contribution < -0.4 is 0 Å². The van der Waals surface area contributed by atoms with Crippen LogP contribution in [-0.2, 0) is 19.3 Å². The molecule has 0 spiro atoms. The molecule has 1 aromatic carbocycles. The largest absolute Gasteiger partial charge is 0.347 e. The van der Waals surface area contributed by atoms with Gasteiger partial charge >= 0.3 is 0 Å². The van der Waals surface area contributed by atoms with E-state index in [0.29, 0.717) is 11.5 Å². The molecule has 1 saturated heterocycles. The second kappa shape index (κ2) is 5.91. The van der Waals surface area contributed by atoms with E-state index in [1.54, 1.807) is 30.3 Å². The molecule has 1 aliphatic rings. The predicted molar refractivity (Wildman–Crippen MR) is 81.8 cm³/mol. The number of benzene rings is 1. The molecule has 0 bridgehead atoms. The van der Waals surface area contributed by atoms with Crippen LogP contribution in [0, 0.1) is 0 Å². The Morgan fingerprint density at radius 2 is 1.86 bits per heavy atom. The molecule has 1 atom stereocenters. The molecule has 4 nitrogen and oxygen atoms in total. The van der Waals surface area contributed by atoms with Gasteiger partial charge in [0.05, 0.1) is 17.3 Å². The van der Waals surface area contributed by atoms with Crippen molar-refractivity contribution in [2.24, 2.45) is 0 Å². The molecule has 0 aliphatic carbocycles. The molecule has 1 aliphatic heterocycles. The molecule has 1 heterocycles. The van der Waals surface area contributed by atoms with Gasteiger partial charge in [0.1, 0.15) is 6.10 Å². The van der Waals surface area contributed by atoms with E-state index in [1.165, 1.54) is 0 Å². The van der Waals surface area contributed by atoms with Crippen LogP contribution in [0.3, 0.4) is 0 Å². The van der Waals surface area contributed by atoms with Crippen LogP contribution in [0.4, 0.5) is 0 Å². The van der Waals surface area contributed by atoms with Gasteiger partial charge in [0.25, 0.3) is 0 Å². The van der Waals surface area contributed by atoms with E-state index in [9.17, 15) is 8.42 Å². The maximum atomic E-state index is 12.4. The summed E-state index contributed by atoms with van der Waals surface area (Å²) in [4.78, 5) is 0.348. The van der Waals surface area contributed by atoms with Crippen LogP contribution in [0.15, 0.2) is 46.4 Å². The minimum absolute atomic E-state index is 0.00311. The van der Waals surface area contributed by atoms with E-state index < -0.39 is 15.6 Å². The van der Waals surface area contributed by atoms with Crippen molar-refractivity contribution in [3.63, 3.8) is 0 Å². The van der Waals surface area contributed by atoms with Gasteiger partial charge in [-0.15, -0.1) is 0 Å². The topological polar surface area (TPSA) is 52.6 Å². The summed E-state index contributed by atoms with van der Waals surface area (Å²) < 4.78 is 36.1. The van der Waals surface area contributed by atoms with Crippen LogP contribution in [0.1, 0.15) is 27.7 Å². The van der Waals surface area contributed by atoms with Gasteiger partial charge in [0, 0.05) is 0 Å². The molecule has 5 heteroatoms. The Balaban J connectivity index is 2.17. The van der Waals surface area contributed by atoms with Crippen molar-refractivity contribution < 1.29 is 17.9 Å². The zero-order valence-corrected chi connectivity index (χ0v) is 13.7. The third kappa shape index (κ3) is 3.93. The fourth-order valence-corrected chi connectivity index (χ4v) is 3.82. The van der Waals surface area contributed by atoms with Crippen LogP contribution >= 0.6 is 0 Å². The molecule has 0 saturated carbocycles. The second-order valence-corrected chi connectivity index (χ2v) is 7.84.